The SMILES string of the molecule is P.P.[Cl][Pt][Cl]. The maximum atomic E-state index is 4.88. The monoisotopic (exact) mass is 333 g/mol. The third kappa shape index (κ3) is 23.1. The van der Waals surface area contributed by atoms with E-state index in [9.17, 15) is 0 Å². The molecule has 0 aromatic rings. The summed E-state index contributed by atoms with van der Waals surface area (Å²) in [6.07, 6.45) is 0. The average molecular weight is 334 g/mol. The zero-order valence-electron chi connectivity index (χ0n) is 2.49. The molecule has 40 valence electrons. The summed E-state index contributed by atoms with van der Waals surface area (Å²) in [4.78, 5) is 0. The van der Waals surface area contributed by atoms with Gasteiger partial charge in [0.2, 0.25) is 0 Å². The first-order chi connectivity index (χ1) is 1.41. The Labute approximate surface area is 55.0 Å². The van der Waals surface area contributed by atoms with Crippen molar-refractivity contribution in [3.05, 3.63) is 0 Å². The number of hydrogen-bond donors (Lipinski definition) is 0. The van der Waals surface area contributed by atoms with E-state index in [1.54, 1.807) is 0 Å². The molecule has 0 radical (unpaired) electrons. The Hall–Kier alpha value is 2.13. The van der Waals surface area contributed by atoms with Crippen molar-refractivity contribution in [2.75, 3.05) is 0 Å². The van der Waals surface area contributed by atoms with Crippen LogP contribution in [0.25, 0.3) is 0 Å². The first kappa shape index (κ1) is 15.7. The second-order valence-corrected chi connectivity index (χ2v) is 3.33. The van der Waals surface area contributed by atoms with E-state index in [0.29, 0.717) is 0 Å². The molecule has 5 heavy (non-hydrogen) atoms. The molecule has 5 heteroatoms. The van der Waals surface area contributed by atoms with Crippen molar-refractivity contribution in [2.45, 2.75) is 0 Å². The van der Waals surface area contributed by atoms with Crippen LogP contribution in [-0.4, -0.2) is 0 Å². The molecule has 0 aromatic carbocycles. The van der Waals surface area contributed by atoms with Crippen molar-refractivity contribution >= 4 is 38.6 Å². The summed E-state index contributed by atoms with van der Waals surface area (Å²) in [6.45, 7) is 0. The number of halogens is 2. The van der Waals surface area contributed by atoms with Gasteiger partial charge < -0.3 is 0 Å². The summed E-state index contributed by atoms with van der Waals surface area (Å²) in [5.74, 6) is 0. The Morgan fingerprint density at radius 1 is 1.00 bits per heavy atom. The molecule has 0 aliphatic rings. The van der Waals surface area contributed by atoms with Crippen molar-refractivity contribution in [1.29, 1.82) is 0 Å². The first-order valence-electron chi connectivity index (χ1n) is 0.239. The van der Waals surface area contributed by atoms with Crippen molar-refractivity contribution in [3.8, 4) is 0 Å². The third-order valence-electron chi connectivity index (χ3n) is 0. The van der Waals surface area contributed by atoms with Crippen LogP contribution in [0, 0.1) is 0 Å². The van der Waals surface area contributed by atoms with Crippen molar-refractivity contribution in [2.24, 2.45) is 0 Å². The zero-order valence-corrected chi connectivity index (χ0v) is 9.10. The Balaban J connectivity index is -0.0000000200. The van der Waals surface area contributed by atoms with Gasteiger partial charge in [0.05, 0.1) is 0 Å². The van der Waals surface area contributed by atoms with Gasteiger partial charge in [-0.3, -0.25) is 0 Å². The molecule has 0 nitrogen and oxygen atoms in total. The van der Waals surface area contributed by atoms with Crippen LogP contribution in [0.4, 0.5) is 0 Å². The molecule has 0 N–H and O–H groups in total. The van der Waals surface area contributed by atoms with E-state index in [-0.39, 0.29) is 19.8 Å². The van der Waals surface area contributed by atoms with Crippen LogP contribution in [0.15, 0.2) is 0 Å². The van der Waals surface area contributed by atoms with E-state index in [1.807, 2.05) is 0 Å². The molecule has 0 amide bonds. The van der Waals surface area contributed by atoms with Crippen LogP contribution in [-0.2, 0) is 16.5 Å². The molecule has 0 heterocycles. The van der Waals surface area contributed by atoms with Gasteiger partial charge in [0, 0.05) is 0 Å². The van der Waals surface area contributed by atoms with Crippen LogP contribution in [0.5, 0.6) is 0 Å². The molecule has 2 atom stereocenters. The first-order valence-corrected chi connectivity index (χ1v) is 5.87. The summed E-state index contributed by atoms with van der Waals surface area (Å²) < 4.78 is 0. The van der Waals surface area contributed by atoms with Crippen molar-refractivity contribution < 1.29 is 16.5 Å². The fraction of sp³-hybridized carbons (Fsp3) is 0. The minimum atomic E-state index is -0.472. The molecule has 0 bridgehead atoms. The molecule has 0 aliphatic carbocycles. The molecule has 0 rings (SSSR count). The average Bonchev–Trinajstić information content (AvgIpc) is 0.918. The van der Waals surface area contributed by atoms with Gasteiger partial charge in [-0.25, -0.2) is 0 Å². The van der Waals surface area contributed by atoms with E-state index in [4.69, 9.17) is 18.8 Å². The summed E-state index contributed by atoms with van der Waals surface area (Å²) in [6, 6.07) is 0. The quantitative estimate of drug-likeness (QED) is 0.589. The Morgan fingerprint density at radius 2 is 1.00 bits per heavy atom. The molecule has 0 saturated carbocycles. The van der Waals surface area contributed by atoms with Crippen LogP contribution < -0.4 is 0 Å². The molecule has 0 fully saturated rings. The van der Waals surface area contributed by atoms with Gasteiger partial charge in [0.15, 0.2) is 0 Å². The van der Waals surface area contributed by atoms with Crippen molar-refractivity contribution in [3.63, 3.8) is 0 Å². The zero-order chi connectivity index (χ0) is 2.71. The molecule has 2 unspecified atom stereocenters. The van der Waals surface area contributed by atoms with Gasteiger partial charge in [-0.1, -0.05) is 0 Å². The standard InChI is InChI=1S/2ClH.2H3P.Pt/h2*1H;2*1H3;/q;;;;+2/p-2. The van der Waals surface area contributed by atoms with E-state index in [2.05, 4.69) is 0 Å². The summed E-state index contributed by atoms with van der Waals surface area (Å²) >= 11 is -0.472. The van der Waals surface area contributed by atoms with Gasteiger partial charge in [-0.2, -0.15) is 19.8 Å². The summed E-state index contributed by atoms with van der Waals surface area (Å²) in [5, 5.41) is 0. The molecular formula is H6Cl2P2Pt. The Morgan fingerprint density at radius 3 is 1.00 bits per heavy atom. The van der Waals surface area contributed by atoms with E-state index in [1.165, 1.54) is 0 Å². The number of rotatable bonds is 0. The molecule has 0 spiro atoms. The topological polar surface area (TPSA) is 0 Å². The van der Waals surface area contributed by atoms with Gasteiger partial charge in [-0.05, 0) is 0 Å². The molecule has 0 saturated heterocycles. The predicted molar refractivity (Wildman–Crippen MR) is 33.9 cm³/mol. The number of hydrogen-bond acceptors (Lipinski definition) is 0. The van der Waals surface area contributed by atoms with Crippen LogP contribution in [0.2, 0.25) is 0 Å². The third-order valence-corrected chi connectivity index (χ3v) is 0. The second-order valence-electron chi connectivity index (χ2n) is 0.0452. The normalized spacial score (nSPS) is 4.40. The van der Waals surface area contributed by atoms with Crippen LogP contribution in [0.1, 0.15) is 0 Å². The summed E-state index contributed by atoms with van der Waals surface area (Å²) in [7, 11) is 9.75. The second kappa shape index (κ2) is 16.5. The van der Waals surface area contributed by atoms with Gasteiger partial charge >= 0.3 is 35.3 Å². The van der Waals surface area contributed by atoms with Crippen LogP contribution in [0.3, 0.4) is 0 Å². The van der Waals surface area contributed by atoms with Gasteiger partial charge in [0.1, 0.15) is 0 Å². The van der Waals surface area contributed by atoms with E-state index >= 15 is 0 Å². The fourth-order valence-electron chi connectivity index (χ4n) is 0. The van der Waals surface area contributed by atoms with Crippen molar-refractivity contribution in [1.82, 2.24) is 0 Å². The fourth-order valence-corrected chi connectivity index (χ4v) is 0. The predicted octanol–water partition coefficient (Wildman–Crippen LogP) is 1.49. The van der Waals surface area contributed by atoms with Gasteiger partial charge in [-0.15, -0.1) is 0 Å². The summed E-state index contributed by atoms with van der Waals surface area (Å²) in [5.41, 5.74) is 0. The Bertz CT molecular complexity index is 7.61. The van der Waals surface area contributed by atoms with Crippen LogP contribution >= 0.6 is 38.6 Å². The molecule has 0 aromatic heterocycles. The van der Waals surface area contributed by atoms with Gasteiger partial charge in [0.25, 0.3) is 0 Å². The molecule has 0 aliphatic heterocycles. The Kier molecular flexibility index (Phi) is 51.7. The maximum absolute atomic E-state index is 4.88. The molecular weight excluding hydrogens is 328 g/mol. The minimum absolute atomic E-state index is 0. The van der Waals surface area contributed by atoms with E-state index in [0.717, 1.165) is 0 Å². The van der Waals surface area contributed by atoms with E-state index < -0.39 is 16.5 Å².